The Morgan fingerprint density at radius 3 is 2.43 bits per heavy atom. The Morgan fingerprint density at radius 2 is 1.91 bits per heavy atom. The molecule has 0 aliphatic carbocycles. The van der Waals surface area contributed by atoms with Gasteiger partial charge in [0.05, 0.1) is 6.04 Å². The van der Waals surface area contributed by atoms with Crippen molar-refractivity contribution in [2.45, 2.75) is 32.2 Å². The van der Waals surface area contributed by atoms with E-state index in [4.69, 9.17) is 4.42 Å². The predicted molar refractivity (Wildman–Crippen MR) is 91.3 cm³/mol. The van der Waals surface area contributed by atoms with E-state index in [0.717, 1.165) is 0 Å². The highest BCUT2D eigenvalue weighted by molar-refractivity contribution is 5.46. The number of hydrogen-bond donors (Lipinski definition) is 1. The van der Waals surface area contributed by atoms with Gasteiger partial charge in [-0.05, 0) is 19.7 Å². The first kappa shape index (κ1) is 17.0. The van der Waals surface area contributed by atoms with Crippen LogP contribution in [0.3, 0.4) is 0 Å². The van der Waals surface area contributed by atoms with Gasteiger partial charge in [0.2, 0.25) is 17.5 Å². The van der Waals surface area contributed by atoms with Gasteiger partial charge in [-0.2, -0.15) is 10.2 Å². The van der Waals surface area contributed by atoms with Gasteiger partial charge in [-0.25, -0.2) is 0 Å². The fourth-order valence-electron chi connectivity index (χ4n) is 2.30. The van der Waals surface area contributed by atoms with E-state index < -0.39 is 0 Å². The first-order valence-electron chi connectivity index (χ1n) is 7.69. The van der Waals surface area contributed by atoms with E-state index >= 15 is 0 Å². The molecule has 0 aliphatic heterocycles. The molecule has 0 saturated carbocycles. The molecule has 0 amide bonds. The molecular weight excluding hydrogens is 288 g/mol. The summed E-state index contributed by atoms with van der Waals surface area (Å²) in [6, 6.07) is 12.5. The van der Waals surface area contributed by atoms with E-state index in [-0.39, 0.29) is 11.5 Å². The Morgan fingerprint density at radius 1 is 1.26 bits per heavy atom. The largest absolute Gasteiger partial charge is 0.423 e. The van der Waals surface area contributed by atoms with Crippen LogP contribution in [0, 0.1) is 11.3 Å². The van der Waals surface area contributed by atoms with Crippen LogP contribution in [0.15, 0.2) is 34.7 Å². The fraction of sp³-hybridized carbons (Fsp3) is 0.444. The van der Waals surface area contributed by atoms with Crippen LogP contribution in [0.2, 0.25) is 0 Å². The van der Waals surface area contributed by atoms with E-state index in [1.54, 1.807) is 0 Å². The zero-order valence-corrected chi connectivity index (χ0v) is 14.4. The van der Waals surface area contributed by atoms with E-state index in [1.165, 1.54) is 5.56 Å². The zero-order valence-electron chi connectivity index (χ0n) is 14.4. The molecule has 2 aromatic rings. The zero-order chi connectivity index (χ0) is 17.0. The number of anilines is 1. The molecule has 2 rings (SSSR count). The van der Waals surface area contributed by atoms with Crippen molar-refractivity contribution in [3.05, 3.63) is 47.5 Å². The molecule has 122 valence electrons. The number of nitriles is 1. The van der Waals surface area contributed by atoms with Gasteiger partial charge in [0.15, 0.2) is 0 Å². The minimum absolute atomic E-state index is 0.172. The van der Waals surface area contributed by atoms with Crippen molar-refractivity contribution in [1.82, 2.24) is 9.88 Å². The first-order chi connectivity index (χ1) is 10.8. The molecule has 0 saturated heterocycles. The third kappa shape index (κ3) is 4.11. The summed E-state index contributed by atoms with van der Waals surface area (Å²) in [6.45, 7) is 6.66. The van der Waals surface area contributed by atoms with Crippen molar-refractivity contribution in [1.29, 1.82) is 5.26 Å². The summed E-state index contributed by atoms with van der Waals surface area (Å²) in [4.78, 5) is 6.43. The van der Waals surface area contributed by atoms with Gasteiger partial charge in [0.1, 0.15) is 6.07 Å². The second-order valence-corrected chi connectivity index (χ2v) is 6.83. The van der Waals surface area contributed by atoms with Crippen molar-refractivity contribution in [2.24, 2.45) is 0 Å². The average Bonchev–Trinajstić information content (AvgIpc) is 2.91. The second-order valence-electron chi connectivity index (χ2n) is 6.83. The summed E-state index contributed by atoms with van der Waals surface area (Å²) in [5.41, 5.74) is 1.28. The van der Waals surface area contributed by atoms with Gasteiger partial charge in [-0.1, -0.05) is 51.1 Å². The van der Waals surface area contributed by atoms with Gasteiger partial charge >= 0.3 is 0 Å². The molecular formula is C18H24N4O. The van der Waals surface area contributed by atoms with Gasteiger partial charge in [-0.15, -0.1) is 0 Å². The normalized spacial score (nSPS) is 12.9. The molecule has 5 heteroatoms. The number of nitrogens with one attached hydrogen (secondary N) is 1. The van der Waals surface area contributed by atoms with Crippen molar-refractivity contribution in [3.8, 4) is 6.07 Å². The van der Waals surface area contributed by atoms with Crippen LogP contribution >= 0.6 is 0 Å². The molecule has 1 aromatic heterocycles. The number of nitrogens with zero attached hydrogens (tertiary/aromatic N) is 3. The van der Waals surface area contributed by atoms with Crippen LogP contribution in [-0.2, 0) is 5.41 Å². The van der Waals surface area contributed by atoms with Crippen LogP contribution < -0.4 is 5.32 Å². The highest BCUT2D eigenvalue weighted by atomic mass is 16.4. The molecule has 1 aromatic carbocycles. The maximum Gasteiger partial charge on any atom is 0.232 e. The Hall–Kier alpha value is -2.32. The van der Waals surface area contributed by atoms with Gasteiger partial charge < -0.3 is 14.6 Å². The lowest BCUT2D eigenvalue weighted by molar-refractivity contribution is 0.309. The summed E-state index contributed by atoms with van der Waals surface area (Å²) in [5, 5.41) is 12.5. The molecule has 0 radical (unpaired) electrons. The molecule has 1 N–H and O–H groups in total. The van der Waals surface area contributed by atoms with Crippen molar-refractivity contribution < 1.29 is 4.42 Å². The average molecular weight is 312 g/mol. The number of hydrogen-bond acceptors (Lipinski definition) is 5. The molecule has 0 unspecified atom stereocenters. The SMILES string of the molecule is CN(C)[C@H](CNc1oc(C(C)(C)C)nc1C#N)c1ccccc1. The molecule has 1 atom stereocenters. The second kappa shape index (κ2) is 6.84. The van der Waals surface area contributed by atoms with E-state index in [0.29, 0.717) is 24.0 Å². The summed E-state index contributed by atoms with van der Waals surface area (Å²) < 4.78 is 5.77. The smallest absolute Gasteiger partial charge is 0.232 e. The Bertz CT molecular complexity index is 677. The van der Waals surface area contributed by atoms with Crippen LogP contribution in [0.25, 0.3) is 0 Å². The summed E-state index contributed by atoms with van der Waals surface area (Å²) in [7, 11) is 4.07. The van der Waals surface area contributed by atoms with Gasteiger partial charge in [0, 0.05) is 12.0 Å². The summed E-state index contributed by atoms with van der Waals surface area (Å²) in [6.07, 6.45) is 0. The monoisotopic (exact) mass is 312 g/mol. The standard InChI is InChI=1S/C18H24N4O/c1-18(2,3)17-21-14(11-19)16(23-17)20-12-15(22(4)5)13-9-7-6-8-10-13/h6-10,15,20H,12H2,1-5H3/t15-/m1/s1. The topological polar surface area (TPSA) is 65.1 Å². The molecule has 0 bridgehead atoms. The maximum absolute atomic E-state index is 9.27. The highest BCUT2D eigenvalue weighted by Gasteiger charge is 2.24. The van der Waals surface area contributed by atoms with Crippen LogP contribution in [0.5, 0.6) is 0 Å². The maximum atomic E-state index is 9.27. The lowest BCUT2D eigenvalue weighted by atomic mass is 9.97. The lowest BCUT2D eigenvalue weighted by Gasteiger charge is -2.25. The fourth-order valence-corrected chi connectivity index (χ4v) is 2.30. The number of rotatable bonds is 5. The van der Waals surface area contributed by atoms with E-state index in [9.17, 15) is 5.26 Å². The van der Waals surface area contributed by atoms with Crippen molar-refractivity contribution in [3.63, 3.8) is 0 Å². The minimum Gasteiger partial charge on any atom is -0.423 e. The van der Waals surface area contributed by atoms with Crippen LogP contribution in [0.1, 0.15) is 44.0 Å². The predicted octanol–water partition coefficient (Wildman–Crippen LogP) is 3.56. The molecule has 0 spiro atoms. The Balaban J connectivity index is 2.19. The molecule has 1 heterocycles. The number of likely N-dealkylation sites (N-methyl/N-ethyl adjacent to an activating group) is 1. The van der Waals surface area contributed by atoms with Crippen molar-refractivity contribution in [2.75, 3.05) is 26.0 Å². The molecule has 0 aliphatic rings. The number of aromatic nitrogens is 1. The van der Waals surface area contributed by atoms with E-state index in [1.807, 2.05) is 53.1 Å². The van der Waals surface area contributed by atoms with Crippen molar-refractivity contribution >= 4 is 5.88 Å². The number of oxazole rings is 1. The Labute approximate surface area is 137 Å². The van der Waals surface area contributed by atoms with Crippen LogP contribution in [0.4, 0.5) is 5.88 Å². The van der Waals surface area contributed by atoms with Crippen LogP contribution in [-0.4, -0.2) is 30.5 Å². The third-order valence-corrected chi connectivity index (χ3v) is 3.64. The highest BCUT2D eigenvalue weighted by Crippen LogP contribution is 2.27. The van der Waals surface area contributed by atoms with E-state index in [2.05, 4.69) is 33.4 Å². The summed E-state index contributed by atoms with van der Waals surface area (Å²) >= 11 is 0. The molecule has 5 nitrogen and oxygen atoms in total. The third-order valence-electron chi connectivity index (χ3n) is 3.64. The molecule has 23 heavy (non-hydrogen) atoms. The number of benzene rings is 1. The quantitative estimate of drug-likeness (QED) is 0.914. The first-order valence-corrected chi connectivity index (χ1v) is 7.69. The summed E-state index contributed by atoms with van der Waals surface area (Å²) in [5.74, 6) is 1.01. The Kier molecular flexibility index (Phi) is 5.07. The lowest BCUT2D eigenvalue weighted by Crippen LogP contribution is -2.26. The van der Waals surface area contributed by atoms with Gasteiger partial charge in [0.25, 0.3) is 0 Å². The van der Waals surface area contributed by atoms with Gasteiger partial charge in [-0.3, -0.25) is 0 Å². The molecule has 0 fully saturated rings. The minimum atomic E-state index is -0.230.